The lowest BCUT2D eigenvalue weighted by molar-refractivity contribution is 0.0988. The van der Waals surface area contributed by atoms with Crippen molar-refractivity contribution in [2.24, 2.45) is 0 Å². The number of ether oxygens (including phenoxy) is 1. The van der Waals surface area contributed by atoms with Gasteiger partial charge in [-0.25, -0.2) is 9.97 Å². The van der Waals surface area contributed by atoms with Crippen LogP contribution in [0.4, 0.5) is 11.5 Å². The molecular formula is C17H20N4O2. The van der Waals surface area contributed by atoms with Crippen molar-refractivity contribution in [3.63, 3.8) is 0 Å². The third-order valence-electron chi connectivity index (χ3n) is 3.92. The summed E-state index contributed by atoms with van der Waals surface area (Å²) in [5.41, 5.74) is 8.14. The molecule has 0 unspecified atom stereocenters. The highest BCUT2D eigenvalue weighted by Crippen LogP contribution is 2.29. The number of anilines is 2. The Balaban J connectivity index is 2.02. The fourth-order valence-corrected chi connectivity index (χ4v) is 2.64. The van der Waals surface area contributed by atoms with Crippen LogP contribution in [0.15, 0.2) is 30.6 Å². The fraction of sp³-hybridized carbons (Fsp3) is 0.353. The number of rotatable bonds is 2. The summed E-state index contributed by atoms with van der Waals surface area (Å²) in [6.07, 6.45) is 1.11. The summed E-state index contributed by atoms with van der Waals surface area (Å²) in [6, 6.07) is 7.97. The highest BCUT2D eigenvalue weighted by atomic mass is 16.5. The van der Waals surface area contributed by atoms with E-state index in [9.17, 15) is 4.79 Å². The van der Waals surface area contributed by atoms with Crippen molar-refractivity contribution in [1.82, 2.24) is 9.97 Å². The summed E-state index contributed by atoms with van der Waals surface area (Å²) in [6.45, 7) is 6.60. The summed E-state index contributed by atoms with van der Waals surface area (Å²) in [5, 5.41) is 0. The Morgan fingerprint density at radius 1 is 1.26 bits per heavy atom. The van der Waals surface area contributed by atoms with Crippen LogP contribution in [0.25, 0.3) is 0 Å². The molecule has 0 radical (unpaired) electrons. The summed E-state index contributed by atoms with van der Waals surface area (Å²) in [5.74, 6) is 0.588. The second kappa shape index (κ2) is 5.87. The first-order valence-corrected chi connectivity index (χ1v) is 7.66. The predicted molar refractivity (Wildman–Crippen MR) is 88.7 cm³/mol. The summed E-state index contributed by atoms with van der Waals surface area (Å²) < 4.78 is 5.73. The molecule has 23 heavy (non-hydrogen) atoms. The SMILES string of the molecule is CC(C)c1ccc(N2C[C@@H](C)Oc3ncnc(N)c3C2=O)cc1. The fourth-order valence-electron chi connectivity index (χ4n) is 2.64. The van der Waals surface area contributed by atoms with E-state index in [1.54, 1.807) is 4.90 Å². The van der Waals surface area contributed by atoms with E-state index in [0.717, 1.165) is 5.69 Å². The zero-order valence-corrected chi connectivity index (χ0v) is 13.5. The number of carbonyl (C=O) groups is 1. The summed E-state index contributed by atoms with van der Waals surface area (Å²) in [7, 11) is 0. The molecule has 1 amide bonds. The van der Waals surface area contributed by atoms with Crippen LogP contribution in [-0.4, -0.2) is 28.5 Å². The molecule has 0 saturated carbocycles. The maximum Gasteiger partial charge on any atom is 0.267 e. The van der Waals surface area contributed by atoms with Gasteiger partial charge in [0.1, 0.15) is 23.8 Å². The Morgan fingerprint density at radius 2 is 1.96 bits per heavy atom. The number of aromatic nitrogens is 2. The van der Waals surface area contributed by atoms with Crippen molar-refractivity contribution in [2.45, 2.75) is 32.8 Å². The standard InChI is InChI=1S/C17H20N4O2/c1-10(2)12-4-6-13(7-5-12)21-8-11(3)23-16-14(17(21)22)15(18)19-9-20-16/h4-7,9-11H,8H2,1-3H3,(H2,18,19,20)/t11-/m1/s1. The van der Waals surface area contributed by atoms with Crippen molar-refractivity contribution in [3.05, 3.63) is 41.7 Å². The number of carbonyl (C=O) groups excluding carboxylic acids is 1. The van der Waals surface area contributed by atoms with Crippen LogP contribution in [0.1, 0.15) is 42.6 Å². The molecule has 6 nitrogen and oxygen atoms in total. The molecule has 0 aliphatic carbocycles. The first-order chi connectivity index (χ1) is 11.0. The molecule has 0 bridgehead atoms. The molecule has 1 atom stereocenters. The van der Waals surface area contributed by atoms with Gasteiger partial charge in [-0.2, -0.15) is 0 Å². The summed E-state index contributed by atoms with van der Waals surface area (Å²) >= 11 is 0. The molecule has 1 aliphatic rings. The molecule has 1 aliphatic heterocycles. The number of nitrogens with zero attached hydrogens (tertiary/aromatic N) is 3. The van der Waals surface area contributed by atoms with Gasteiger partial charge in [-0.3, -0.25) is 4.79 Å². The van der Waals surface area contributed by atoms with E-state index in [2.05, 4.69) is 23.8 Å². The van der Waals surface area contributed by atoms with E-state index >= 15 is 0 Å². The second-order valence-corrected chi connectivity index (χ2v) is 6.03. The van der Waals surface area contributed by atoms with Crippen molar-refractivity contribution < 1.29 is 9.53 Å². The molecule has 1 aromatic heterocycles. The van der Waals surface area contributed by atoms with Crippen LogP contribution in [0.2, 0.25) is 0 Å². The van der Waals surface area contributed by atoms with Gasteiger partial charge in [-0.05, 0) is 30.5 Å². The Bertz CT molecular complexity index is 728. The number of hydrogen-bond acceptors (Lipinski definition) is 5. The first-order valence-electron chi connectivity index (χ1n) is 7.66. The van der Waals surface area contributed by atoms with Crippen molar-refractivity contribution in [2.75, 3.05) is 17.2 Å². The maximum atomic E-state index is 12.9. The van der Waals surface area contributed by atoms with Crippen molar-refractivity contribution in [1.29, 1.82) is 0 Å². The minimum Gasteiger partial charge on any atom is -0.472 e. The van der Waals surface area contributed by atoms with Crippen LogP contribution >= 0.6 is 0 Å². The average Bonchev–Trinajstić information content (AvgIpc) is 2.64. The van der Waals surface area contributed by atoms with Crippen molar-refractivity contribution in [3.8, 4) is 5.88 Å². The van der Waals surface area contributed by atoms with Gasteiger partial charge in [-0.1, -0.05) is 26.0 Å². The smallest absolute Gasteiger partial charge is 0.267 e. The van der Waals surface area contributed by atoms with E-state index in [1.165, 1.54) is 11.9 Å². The Kier molecular flexibility index (Phi) is 3.90. The lowest BCUT2D eigenvalue weighted by Gasteiger charge is -2.23. The number of nitrogen functional groups attached to an aromatic ring is 1. The lowest BCUT2D eigenvalue weighted by Crippen LogP contribution is -2.36. The van der Waals surface area contributed by atoms with E-state index in [0.29, 0.717) is 12.5 Å². The van der Waals surface area contributed by atoms with Gasteiger partial charge in [0, 0.05) is 5.69 Å². The molecule has 120 valence electrons. The van der Waals surface area contributed by atoms with Gasteiger partial charge in [0.15, 0.2) is 0 Å². The molecule has 2 aromatic rings. The molecule has 6 heteroatoms. The van der Waals surface area contributed by atoms with Crippen LogP contribution in [0.3, 0.4) is 0 Å². The van der Waals surface area contributed by atoms with Crippen LogP contribution in [0.5, 0.6) is 5.88 Å². The van der Waals surface area contributed by atoms with Gasteiger partial charge >= 0.3 is 0 Å². The van der Waals surface area contributed by atoms with E-state index in [4.69, 9.17) is 10.5 Å². The van der Waals surface area contributed by atoms with Crippen molar-refractivity contribution >= 4 is 17.4 Å². The number of hydrogen-bond donors (Lipinski definition) is 1. The van der Waals surface area contributed by atoms with Gasteiger partial charge in [0.25, 0.3) is 5.91 Å². The highest BCUT2D eigenvalue weighted by Gasteiger charge is 2.31. The first kappa shape index (κ1) is 15.3. The number of fused-ring (bicyclic) bond motifs is 1. The third-order valence-corrected chi connectivity index (χ3v) is 3.92. The van der Waals surface area contributed by atoms with E-state index < -0.39 is 0 Å². The quantitative estimate of drug-likeness (QED) is 0.922. The lowest BCUT2D eigenvalue weighted by atomic mass is 10.0. The minimum absolute atomic E-state index is 0.137. The molecule has 0 fully saturated rings. The highest BCUT2D eigenvalue weighted by molar-refractivity contribution is 6.10. The van der Waals surface area contributed by atoms with Crippen LogP contribution in [-0.2, 0) is 0 Å². The van der Waals surface area contributed by atoms with Gasteiger partial charge in [0.05, 0.1) is 6.54 Å². The van der Waals surface area contributed by atoms with Gasteiger partial charge in [0.2, 0.25) is 5.88 Å². The number of nitrogens with two attached hydrogens (primary N) is 1. The normalized spacial score (nSPS) is 17.7. The minimum atomic E-state index is -0.236. The predicted octanol–water partition coefficient (Wildman–Crippen LogP) is 2.61. The Labute approximate surface area is 135 Å². The monoisotopic (exact) mass is 312 g/mol. The average molecular weight is 312 g/mol. The number of benzene rings is 1. The largest absolute Gasteiger partial charge is 0.472 e. The summed E-state index contributed by atoms with van der Waals surface area (Å²) in [4.78, 5) is 22.5. The molecule has 3 rings (SSSR count). The number of amides is 1. The Morgan fingerprint density at radius 3 is 2.61 bits per heavy atom. The molecule has 2 heterocycles. The van der Waals surface area contributed by atoms with E-state index in [1.807, 2.05) is 31.2 Å². The zero-order chi connectivity index (χ0) is 16.6. The second-order valence-electron chi connectivity index (χ2n) is 6.03. The maximum absolute atomic E-state index is 12.9. The molecule has 0 spiro atoms. The van der Waals surface area contributed by atoms with Crippen LogP contribution < -0.4 is 15.4 Å². The zero-order valence-electron chi connectivity index (χ0n) is 13.5. The molecule has 1 aromatic carbocycles. The van der Waals surface area contributed by atoms with Gasteiger partial charge < -0.3 is 15.4 Å². The van der Waals surface area contributed by atoms with Gasteiger partial charge in [-0.15, -0.1) is 0 Å². The Hall–Kier alpha value is -2.63. The van der Waals surface area contributed by atoms with Crippen LogP contribution in [0, 0.1) is 0 Å². The topological polar surface area (TPSA) is 81.3 Å². The molecular weight excluding hydrogens is 292 g/mol. The molecule has 2 N–H and O–H groups in total. The van der Waals surface area contributed by atoms with E-state index in [-0.39, 0.29) is 29.3 Å². The molecule has 0 saturated heterocycles. The third kappa shape index (κ3) is 2.84.